The average Bonchev–Trinajstić information content (AvgIpc) is 2.55. The number of carbonyl (C=O) groups is 2. The fraction of sp³-hybridized carbons (Fsp3) is 0.333. The number of ketones is 1. The van der Waals surface area contributed by atoms with E-state index in [9.17, 15) is 9.59 Å². The first-order valence-corrected chi connectivity index (χ1v) is 6.49. The lowest BCUT2D eigenvalue weighted by Crippen LogP contribution is -2.04. The third-order valence-electron chi connectivity index (χ3n) is 1.70. The Morgan fingerprint density at radius 3 is 2.53 bits per heavy atom. The van der Waals surface area contributed by atoms with Gasteiger partial charge in [-0.1, -0.05) is 0 Å². The number of Topliss-reactive ketones (excluding diaryl/α,β-unsaturated/α-hetero) is 1. The topological polar surface area (TPSA) is 43.4 Å². The quantitative estimate of drug-likeness (QED) is 0.614. The number of esters is 1. The van der Waals surface area contributed by atoms with Gasteiger partial charge in [0.15, 0.2) is 5.78 Å². The molecule has 0 radical (unpaired) electrons. The van der Waals surface area contributed by atoms with E-state index in [2.05, 4.69) is 36.6 Å². The van der Waals surface area contributed by atoms with Crippen molar-refractivity contribution >= 4 is 54.9 Å². The zero-order valence-electron chi connectivity index (χ0n) is 7.88. The minimum Gasteiger partial charge on any atom is -0.469 e. The summed E-state index contributed by atoms with van der Waals surface area (Å²) in [4.78, 5) is 23.1. The van der Waals surface area contributed by atoms with Gasteiger partial charge in [0.25, 0.3) is 0 Å². The van der Waals surface area contributed by atoms with Gasteiger partial charge in [-0.3, -0.25) is 9.59 Å². The molecule has 0 bridgehead atoms. The Morgan fingerprint density at radius 2 is 2.07 bits per heavy atom. The molecule has 0 N–H and O–H groups in total. The van der Waals surface area contributed by atoms with Crippen LogP contribution in [0.4, 0.5) is 0 Å². The van der Waals surface area contributed by atoms with Crippen LogP contribution in [0.15, 0.2) is 14.3 Å². The molecular formula is C9H8Br2O3S. The van der Waals surface area contributed by atoms with Crippen molar-refractivity contribution in [2.75, 3.05) is 7.11 Å². The summed E-state index contributed by atoms with van der Waals surface area (Å²) in [5.74, 6) is -0.408. The normalized spacial score (nSPS) is 10.1. The van der Waals surface area contributed by atoms with Gasteiger partial charge in [-0.05, 0) is 37.9 Å². The minimum atomic E-state index is -0.363. The van der Waals surface area contributed by atoms with E-state index in [1.807, 2.05) is 0 Å². The molecule has 0 aliphatic heterocycles. The molecule has 0 aromatic carbocycles. The summed E-state index contributed by atoms with van der Waals surface area (Å²) in [6.45, 7) is 0. The maximum atomic E-state index is 11.6. The van der Waals surface area contributed by atoms with Crippen LogP contribution >= 0.6 is 43.2 Å². The number of halogens is 2. The van der Waals surface area contributed by atoms with Gasteiger partial charge in [-0.15, -0.1) is 11.3 Å². The molecule has 0 aliphatic rings. The van der Waals surface area contributed by atoms with Gasteiger partial charge >= 0.3 is 5.97 Å². The first-order valence-electron chi connectivity index (χ1n) is 4.09. The molecule has 0 saturated carbocycles. The number of methoxy groups -OCH3 is 1. The van der Waals surface area contributed by atoms with Crippen molar-refractivity contribution in [1.82, 2.24) is 0 Å². The average molecular weight is 356 g/mol. The van der Waals surface area contributed by atoms with Crippen molar-refractivity contribution < 1.29 is 14.3 Å². The molecule has 0 amide bonds. The number of rotatable bonds is 4. The number of thiophene rings is 1. The Bertz CT molecular complexity index is 367. The van der Waals surface area contributed by atoms with Crippen molar-refractivity contribution in [2.24, 2.45) is 0 Å². The fourth-order valence-corrected chi connectivity index (χ4v) is 2.93. The SMILES string of the molecule is COC(=O)CCC(=O)c1cc(Br)c(Br)s1. The van der Waals surface area contributed by atoms with Crippen molar-refractivity contribution in [3.63, 3.8) is 0 Å². The summed E-state index contributed by atoms with van der Waals surface area (Å²) in [5, 5.41) is 0. The molecule has 0 atom stereocenters. The molecule has 82 valence electrons. The highest BCUT2D eigenvalue weighted by molar-refractivity contribution is 9.13. The standard InChI is InChI=1S/C9H8Br2O3S/c1-14-8(13)3-2-6(12)7-4-5(10)9(11)15-7/h4H,2-3H2,1H3. The van der Waals surface area contributed by atoms with Crippen molar-refractivity contribution in [3.05, 3.63) is 19.2 Å². The second-order valence-corrected chi connectivity index (χ2v) is 5.96. The number of ether oxygens (including phenoxy) is 1. The summed E-state index contributed by atoms with van der Waals surface area (Å²) in [6.07, 6.45) is 0.314. The van der Waals surface area contributed by atoms with Crippen LogP contribution in [-0.4, -0.2) is 18.9 Å². The number of hydrogen-bond donors (Lipinski definition) is 0. The molecule has 1 aromatic heterocycles. The second kappa shape index (κ2) is 5.77. The van der Waals surface area contributed by atoms with Crippen LogP contribution in [0.2, 0.25) is 0 Å². The zero-order valence-corrected chi connectivity index (χ0v) is 11.9. The highest BCUT2D eigenvalue weighted by Gasteiger charge is 2.13. The van der Waals surface area contributed by atoms with Gasteiger partial charge in [0.05, 0.1) is 22.2 Å². The molecule has 0 unspecified atom stereocenters. The van der Waals surface area contributed by atoms with Crippen LogP contribution < -0.4 is 0 Å². The third-order valence-corrected chi connectivity index (χ3v) is 5.00. The van der Waals surface area contributed by atoms with Gasteiger partial charge in [-0.25, -0.2) is 0 Å². The van der Waals surface area contributed by atoms with Crippen LogP contribution in [0.5, 0.6) is 0 Å². The molecule has 0 spiro atoms. The predicted molar refractivity (Wildman–Crippen MR) is 65.3 cm³/mol. The monoisotopic (exact) mass is 354 g/mol. The molecule has 3 nitrogen and oxygen atoms in total. The van der Waals surface area contributed by atoms with E-state index in [-0.39, 0.29) is 24.6 Å². The summed E-state index contributed by atoms with van der Waals surface area (Å²) >= 11 is 7.95. The lowest BCUT2D eigenvalue weighted by atomic mass is 10.2. The molecule has 0 saturated heterocycles. The molecule has 0 fully saturated rings. The van der Waals surface area contributed by atoms with Crippen molar-refractivity contribution in [2.45, 2.75) is 12.8 Å². The van der Waals surface area contributed by atoms with E-state index in [1.165, 1.54) is 18.4 Å². The highest BCUT2D eigenvalue weighted by Crippen LogP contribution is 2.33. The molecule has 15 heavy (non-hydrogen) atoms. The van der Waals surface area contributed by atoms with Gasteiger partial charge in [0.2, 0.25) is 0 Å². The Hall–Kier alpha value is -0.200. The summed E-state index contributed by atoms with van der Waals surface area (Å²) in [5.41, 5.74) is 0. The molecule has 1 heterocycles. The van der Waals surface area contributed by atoms with Crippen LogP contribution in [0, 0.1) is 0 Å². The number of carbonyl (C=O) groups excluding carboxylic acids is 2. The molecule has 1 rings (SSSR count). The zero-order chi connectivity index (χ0) is 11.4. The fourth-order valence-electron chi connectivity index (χ4n) is 0.925. The van der Waals surface area contributed by atoms with Crippen molar-refractivity contribution in [3.8, 4) is 0 Å². The van der Waals surface area contributed by atoms with E-state index in [1.54, 1.807) is 6.07 Å². The summed E-state index contributed by atoms with van der Waals surface area (Å²) in [6, 6.07) is 1.74. The van der Waals surface area contributed by atoms with Crippen LogP contribution in [0.1, 0.15) is 22.5 Å². The van der Waals surface area contributed by atoms with Crippen LogP contribution in [-0.2, 0) is 9.53 Å². The Kier molecular flexibility index (Phi) is 4.95. The van der Waals surface area contributed by atoms with E-state index in [0.29, 0.717) is 4.88 Å². The Balaban J connectivity index is 2.58. The van der Waals surface area contributed by atoms with Gasteiger partial charge in [0.1, 0.15) is 0 Å². The summed E-state index contributed by atoms with van der Waals surface area (Å²) < 4.78 is 6.19. The highest BCUT2D eigenvalue weighted by atomic mass is 79.9. The minimum absolute atomic E-state index is 0.0446. The summed E-state index contributed by atoms with van der Waals surface area (Å²) in [7, 11) is 1.31. The van der Waals surface area contributed by atoms with Crippen LogP contribution in [0.3, 0.4) is 0 Å². The van der Waals surface area contributed by atoms with Gasteiger partial charge in [-0.2, -0.15) is 0 Å². The first kappa shape index (κ1) is 12.9. The first-order chi connectivity index (χ1) is 7.04. The van der Waals surface area contributed by atoms with E-state index in [4.69, 9.17) is 0 Å². The van der Waals surface area contributed by atoms with E-state index < -0.39 is 0 Å². The van der Waals surface area contributed by atoms with E-state index >= 15 is 0 Å². The Morgan fingerprint density at radius 1 is 1.40 bits per heavy atom. The van der Waals surface area contributed by atoms with Crippen LogP contribution in [0.25, 0.3) is 0 Å². The maximum Gasteiger partial charge on any atom is 0.305 e. The maximum absolute atomic E-state index is 11.6. The third kappa shape index (κ3) is 3.70. The predicted octanol–water partition coefficient (Wildman–Crippen LogP) is 3.41. The largest absolute Gasteiger partial charge is 0.469 e. The molecular weight excluding hydrogens is 348 g/mol. The molecule has 6 heteroatoms. The Labute approximate surface area is 108 Å². The lowest BCUT2D eigenvalue weighted by Gasteiger charge is -1.96. The van der Waals surface area contributed by atoms with E-state index in [0.717, 1.165) is 8.26 Å². The molecule has 1 aromatic rings. The second-order valence-electron chi connectivity index (χ2n) is 2.73. The van der Waals surface area contributed by atoms with Gasteiger partial charge in [0, 0.05) is 10.9 Å². The lowest BCUT2D eigenvalue weighted by molar-refractivity contribution is -0.140. The molecule has 0 aliphatic carbocycles. The smallest absolute Gasteiger partial charge is 0.305 e. The van der Waals surface area contributed by atoms with Gasteiger partial charge < -0.3 is 4.74 Å². The van der Waals surface area contributed by atoms with Crippen molar-refractivity contribution in [1.29, 1.82) is 0 Å². The number of hydrogen-bond acceptors (Lipinski definition) is 4.